The number of terminal acetylenes is 1. The molecular formula is C17H17N3O3S. The highest BCUT2D eigenvalue weighted by molar-refractivity contribution is 7.89. The number of rotatable bonds is 6. The second-order valence-electron chi connectivity index (χ2n) is 5.03. The minimum atomic E-state index is -3.74. The lowest BCUT2D eigenvalue weighted by molar-refractivity contribution is 0.0939. The molecule has 1 atom stereocenters. The Balaban J connectivity index is 2.16. The fraction of sp³-hybridized carbons (Fsp3) is 0.176. The minimum absolute atomic E-state index is 0.0121. The van der Waals surface area contributed by atoms with Gasteiger partial charge in [0.15, 0.2) is 0 Å². The van der Waals surface area contributed by atoms with Gasteiger partial charge in [0.1, 0.15) is 0 Å². The molecule has 0 saturated carbocycles. The van der Waals surface area contributed by atoms with E-state index in [2.05, 4.69) is 20.9 Å². The Morgan fingerprint density at radius 3 is 2.67 bits per heavy atom. The summed E-state index contributed by atoms with van der Waals surface area (Å²) in [5.41, 5.74) is 1.15. The highest BCUT2D eigenvalue weighted by atomic mass is 32.2. The Kier molecular flexibility index (Phi) is 5.68. The molecule has 1 heterocycles. The van der Waals surface area contributed by atoms with E-state index in [1.54, 1.807) is 30.6 Å². The van der Waals surface area contributed by atoms with Gasteiger partial charge in [-0.3, -0.25) is 9.78 Å². The molecule has 1 unspecified atom stereocenters. The molecule has 7 heteroatoms. The third kappa shape index (κ3) is 4.41. The lowest BCUT2D eigenvalue weighted by Gasteiger charge is -2.14. The zero-order valence-corrected chi connectivity index (χ0v) is 13.9. The van der Waals surface area contributed by atoms with Crippen LogP contribution in [0.1, 0.15) is 28.9 Å². The molecule has 0 aliphatic rings. The van der Waals surface area contributed by atoms with E-state index in [1.807, 2.05) is 6.92 Å². The van der Waals surface area contributed by atoms with Gasteiger partial charge < -0.3 is 5.32 Å². The van der Waals surface area contributed by atoms with Crippen LogP contribution in [0.3, 0.4) is 0 Å². The van der Waals surface area contributed by atoms with Crippen molar-refractivity contribution >= 4 is 15.9 Å². The van der Waals surface area contributed by atoms with Crippen molar-refractivity contribution < 1.29 is 13.2 Å². The normalized spacial score (nSPS) is 12.2. The van der Waals surface area contributed by atoms with Gasteiger partial charge in [0, 0.05) is 18.0 Å². The monoisotopic (exact) mass is 343 g/mol. The van der Waals surface area contributed by atoms with E-state index in [9.17, 15) is 13.2 Å². The summed E-state index contributed by atoms with van der Waals surface area (Å²) in [6, 6.07) is 9.14. The Morgan fingerprint density at radius 2 is 2.00 bits per heavy atom. The van der Waals surface area contributed by atoms with E-state index >= 15 is 0 Å². The topological polar surface area (TPSA) is 88.2 Å². The number of carbonyl (C=O) groups is 1. The van der Waals surface area contributed by atoms with Crippen LogP contribution in [0.4, 0.5) is 0 Å². The quantitative estimate of drug-likeness (QED) is 0.778. The second kappa shape index (κ2) is 7.73. The van der Waals surface area contributed by atoms with Crippen LogP contribution in [0.2, 0.25) is 0 Å². The van der Waals surface area contributed by atoms with Crippen molar-refractivity contribution in [2.24, 2.45) is 0 Å². The van der Waals surface area contributed by atoms with Crippen molar-refractivity contribution in [3.05, 3.63) is 59.9 Å². The van der Waals surface area contributed by atoms with E-state index < -0.39 is 10.0 Å². The van der Waals surface area contributed by atoms with Gasteiger partial charge >= 0.3 is 0 Å². The number of hydrogen-bond donors (Lipinski definition) is 2. The van der Waals surface area contributed by atoms with Crippen LogP contribution >= 0.6 is 0 Å². The zero-order valence-electron chi connectivity index (χ0n) is 13.1. The molecular weight excluding hydrogens is 326 g/mol. The molecule has 2 N–H and O–H groups in total. The molecule has 6 nitrogen and oxygen atoms in total. The maximum atomic E-state index is 12.3. The van der Waals surface area contributed by atoms with Crippen molar-refractivity contribution in [1.29, 1.82) is 0 Å². The van der Waals surface area contributed by atoms with Crippen LogP contribution in [-0.2, 0) is 10.0 Å². The van der Waals surface area contributed by atoms with Gasteiger partial charge in [0.2, 0.25) is 10.0 Å². The van der Waals surface area contributed by atoms with Gasteiger partial charge in [-0.2, -0.15) is 4.72 Å². The highest BCUT2D eigenvalue weighted by Crippen LogP contribution is 2.14. The van der Waals surface area contributed by atoms with Crippen LogP contribution in [-0.4, -0.2) is 25.9 Å². The predicted molar refractivity (Wildman–Crippen MR) is 90.6 cm³/mol. The molecule has 1 aromatic carbocycles. The van der Waals surface area contributed by atoms with Gasteiger partial charge in [-0.15, -0.1) is 6.42 Å². The average molecular weight is 343 g/mol. The number of hydrogen-bond acceptors (Lipinski definition) is 4. The highest BCUT2D eigenvalue weighted by Gasteiger charge is 2.17. The summed E-state index contributed by atoms with van der Waals surface area (Å²) in [4.78, 5) is 16.3. The third-order valence-electron chi connectivity index (χ3n) is 3.32. The Hall–Kier alpha value is -2.69. The van der Waals surface area contributed by atoms with E-state index in [0.717, 1.165) is 5.56 Å². The van der Waals surface area contributed by atoms with E-state index in [-0.39, 0.29) is 29.0 Å². The standard InChI is InChI=1S/C17H17N3O3S/c1-3-9-19-24(22,23)16-6-4-5-15(12-16)17(21)20-13(2)14-7-10-18-11-8-14/h1,4-8,10-13,19H,9H2,2H3,(H,20,21). The molecule has 1 amide bonds. The number of benzene rings is 1. The number of amides is 1. The fourth-order valence-corrected chi connectivity index (χ4v) is 3.02. The summed E-state index contributed by atoms with van der Waals surface area (Å²) >= 11 is 0. The number of sulfonamides is 1. The maximum Gasteiger partial charge on any atom is 0.251 e. The smallest absolute Gasteiger partial charge is 0.251 e. The van der Waals surface area contributed by atoms with Gasteiger partial charge in [0.05, 0.1) is 17.5 Å². The van der Waals surface area contributed by atoms with Crippen LogP contribution in [0.5, 0.6) is 0 Å². The third-order valence-corrected chi connectivity index (χ3v) is 4.72. The van der Waals surface area contributed by atoms with E-state index in [1.165, 1.54) is 18.2 Å². The number of nitrogens with zero attached hydrogens (tertiary/aromatic N) is 1. The van der Waals surface area contributed by atoms with E-state index in [4.69, 9.17) is 6.42 Å². The Morgan fingerprint density at radius 1 is 1.29 bits per heavy atom. The lowest BCUT2D eigenvalue weighted by atomic mass is 10.1. The molecule has 1 aromatic heterocycles. The summed E-state index contributed by atoms with van der Waals surface area (Å²) in [7, 11) is -3.74. The molecule has 0 bridgehead atoms. The van der Waals surface area contributed by atoms with Crippen LogP contribution < -0.4 is 10.0 Å². The number of pyridine rings is 1. The molecule has 0 spiro atoms. The number of nitrogens with one attached hydrogen (secondary N) is 2. The summed E-state index contributed by atoms with van der Waals surface area (Å²) in [5, 5.41) is 2.82. The zero-order chi connectivity index (χ0) is 17.6. The molecule has 24 heavy (non-hydrogen) atoms. The second-order valence-corrected chi connectivity index (χ2v) is 6.80. The first-order chi connectivity index (χ1) is 11.4. The minimum Gasteiger partial charge on any atom is -0.346 e. The molecule has 2 rings (SSSR count). The van der Waals surface area contributed by atoms with Gasteiger partial charge in [-0.25, -0.2) is 8.42 Å². The molecule has 0 radical (unpaired) electrons. The molecule has 2 aromatic rings. The Bertz CT molecular complexity index is 858. The van der Waals surface area contributed by atoms with Gasteiger partial charge in [-0.05, 0) is 42.8 Å². The Labute approximate surface area is 141 Å². The summed E-state index contributed by atoms with van der Waals surface area (Å²) in [6.07, 6.45) is 8.34. The molecule has 0 aliphatic carbocycles. The average Bonchev–Trinajstić information content (AvgIpc) is 2.61. The molecule has 0 fully saturated rings. The van der Waals surface area contributed by atoms with Crippen molar-refractivity contribution in [1.82, 2.24) is 15.0 Å². The summed E-state index contributed by atoms with van der Waals surface area (Å²) in [5.74, 6) is 1.83. The van der Waals surface area contributed by atoms with E-state index in [0.29, 0.717) is 0 Å². The van der Waals surface area contributed by atoms with Crippen molar-refractivity contribution in [2.45, 2.75) is 17.9 Å². The first-order valence-corrected chi connectivity index (χ1v) is 8.66. The van der Waals surface area contributed by atoms with Crippen LogP contribution in [0.25, 0.3) is 0 Å². The largest absolute Gasteiger partial charge is 0.346 e. The predicted octanol–water partition coefficient (Wildman–Crippen LogP) is 1.48. The first kappa shape index (κ1) is 17.7. The number of aromatic nitrogens is 1. The lowest BCUT2D eigenvalue weighted by Crippen LogP contribution is -2.27. The van der Waals surface area contributed by atoms with Crippen LogP contribution in [0, 0.1) is 12.3 Å². The molecule has 0 aliphatic heterocycles. The van der Waals surface area contributed by atoms with Crippen molar-refractivity contribution in [2.75, 3.05) is 6.54 Å². The molecule has 0 saturated heterocycles. The maximum absolute atomic E-state index is 12.3. The summed E-state index contributed by atoms with van der Waals surface area (Å²) < 4.78 is 26.4. The summed E-state index contributed by atoms with van der Waals surface area (Å²) in [6.45, 7) is 1.72. The fourth-order valence-electron chi connectivity index (χ4n) is 2.04. The molecule has 124 valence electrons. The number of carbonyl (C=O) groups excluding carboxylic acids is 1. The van der Waals surface area contributed by atoms with Gasteiger partial charge in [0.25, 0.3) is 5.91 Å². The van der Waals surface area contributed by atoms with Crippen LogP contribution in [0.15, 0.2) is 53.7 Å². The SMILES string of the molecule is C#CCNS(=O)(=O)c1cccc(C(=O)NC(C)c2ccncc2)c1. The van der Waals surface area contributed by atoms with Gasteiger partial charge in [-0.1, -0.05) is 12.0 Å². The first-order valence-electron chi connectivity index (χ1n) is 7.18. The van der Waals surface area contributed by atoms with Crippen molar-refractivity contribution in [3.8, 4) is 12.3 Å². The van der Waals surface area contributed by atoms with Crippen molar-refractivity contribution in [3.63, 3.8) is 0 Å².